The molecule has 25 heavy (non-hydrogen) atoms. The van der Waals surface area contributed by atoms with Crippen molar-refractivity contribution in [1.29, 1.82) is 0 Å². The molecule has 7 heteroatoms. The predicted octanol–water partition coefficient (Wildman–Crippen LogP) is 2.75. The van der Waals surface area contributed by atoms with E-state index < -0.39 is 12.0 Å². The molecule has 3 aromatic rings. The summed E-state index contributed by atoms with van der Waals surface area (Å²) in [5.74, 6) is 0.528. The standard InChI is InChI=1S/C18H16N2O5/c1-23-13-7-3-2-6-12(13)18(22)20-19-16(14-8-4-10-24-14)17(21)15-9-5-11-25-15/h2-11,17,21H,1H3,(H,20,22). The van der Waals surface area contributed by atoms with E-state index in [1.807, 2.05) is 0 Å². The number of hydrazone groups is 1. The Hall–Kier alpha value is -3.32. The highest BCUT2D eigenvalue weighted by molar-refractivity contribution is 6.03. The fourth-order valence-corrected chi connectivity index (χ4v) is 2.26. The Labute approximate surface area is 143 Å². The molecule has 0 spiro atoms. The Bertz CT molecular complexity index is 853. The largest absolute Gasteiger partial charge is 0.496 e. The molecule has 2 N–H and O–H groups in total. The fourth-order valence-electron chi connectivity index (χ4n) is 2.26. The first kappa shape index (κ1) is 16.5. The van der Waals surface area contributed by atoms with E-state index in [0.29, 0.717) is 17.1 Å². The molecule has 0 bridgehead atoms. The Morgan fingerprint density at radius 1 is 1.12 bits per heavy atom. The lowest BCUT2D eigenvalue weighted by atomic mass is 10.1. The van der Waals surface area contributed by atoms with Crippen LogP contribution in [0.2, 0.25) is 0 Å². The SMILES string of the molecule is COc1ccccc1C(=O)NN=C(c1ccco1)C(O)c1ccco1. The minimum atomic E-state index is -1.20. The summed E-state index contributed by atoms with van der Waals surface area (Å²) in [7, 11) is 1.48. The van der Waals surface area contributed by atoms with Crippen molar-refractivity contribution in [3.05, 3.63) is 78.1 Å². The maximum absolute atomic E-state index is 12.4. The molecule has 0 aliphatic heterocycles. The van der Waals surface area contributed by atoms with Crippen LogP contribution in [0.15, 0.2) is 75.0 Å². The number of hydrogen-bond donors (Lipinski definition) is 2. The van der Waals surface area contributed by atoms with Crippen LogP contribution >= 0.6 is 0 Å². The average Bonchev–Trinajstić information content (AvgIpc) is 3.35. The summed E-state index contributed by atoms with van der Waals surface area (Å²) in [6, 6.07) is 13.3. The molecule has 1 aromatic carbocycles. The highest BCUT2D eigenvalue weighted by Crippen LogP contribution is 2.21. The summed E-state index contributed by atoms with van der Waals surface area (Å²) in [5.41, 5.74) is 2.85. The van der Waals surface area contributed by atoms with Gasteiger partial charge in [0.25, 0.3) is 5.91 Å². The van der Waals surface area contributed by atoms with E-state index >= 15 is 0 Å². The first-order valence-electron chi connectivity index (χ1n) is 7.47. The van der Waals surface area contributed by atoms with Gasteiger partial charge in [0.15, 0.2) is 11.9 Å². The normalized spacial score (nSPS) is 12.6. The fraction of sp³-hybridized carbons (Fsp3) is 0.111. The van der Waals surface area contributed by atoms with Gasteiger partial charge in [0.05, 0.1) is 25.2 Å². The van der Waals surface area contributed by atoms with Gasteiger partial charge in [-0.25, -0.2) is 5.43 Å². The maximum Gasteiger partial charge on any atom is 0.275 e. The zero-order chi connectivity index (χ0) is 17.6. The van der Waals surface area contributed by atoms with Gasteiger partial charge in [-0.3, -0.25) is 4.79 Å². The molecule has 128 valence electrons. The molecule has 1 atom stereocenters. The van der Waals surface area contributed by atoms with Gasteiger partial charge in [-0.2, -0.15) is 5.10 Å². The Morgan fingerprint density at radius 3 is 2.56 bits per heavy atom. The van der Waals surface area contributed by atoms with Crippen LogP contribution in [-0.4, -0.2) is 23.8 Å². The highest BCUT2D eigenvalue weighted by atomic mass is 16.5. The van der Waals surface area contributed by atoms with Crippen molar-refractivity contribution in [2.45, 2.75) is 6.10 Å². The van der Waals surface area contributed by atoms with Gasteiger partial charge in [-0.05, 0) is 36.4 Å². The smallest absolute Gasteiger partial charge is 0.275 e. The Kier molecular flexibility index (Phi) is 4.96. The molecule has 0 aliphatic carbocycles. The number of para-hydroxylation sites is 1. The number of rotatable bonds is 6. The van der Waals surface area contributed by atoms with E-state index in [1.54, 1.807) is 48.5 Å². The molecule has 0 saturated heterocycles. The molecular formula is C18H16N2O5. The maximum atomic E-state index is 12.4. The lowest BCUT2D eigenvalue weighted by Crippen LogP contribution is -2.23. The quantitative estimate of drug-likeness (QED) is 0.531. The van der Waals surface area contributed by atoms with Crippen molar-refractivity contribution >= 4 is 11.6 Å². The first-order chi connectivity index (χ1) is 12.2. The molecule has 0 saturated carbocycles. The zero-order valence-electron chi connectivity index (χ0n) is 13.4. The minimum Gasteiger partial charge on any atom is -0.496 e. The Balaban J connectivity index is 1.87. The molecule has 3 rings (SSSR count). The van der Waals surface area contributed by atoms with Gasteiger partial charge in [0, 0.05) is 0 Å². The number of aliphatic hydroxyl groups is 1. The van der Waals surface area contributed by atoms with Crippen molar-refractivity contribution in [3.63, 3.8) is 0 Å². The Morgan fingerprint density at radius 2 is 1.88 bits per heavy atom. The molecule has 1 amide bonds. The number of methoxy groups -OCH3 is 1. The number of carbonyl (C=O) groups is 1. The van der Waals surface area contributed by atoms with Crippen LogP contribution in [-0.2, 0) is 0 Å². The van der Waals surface area contributed by atoms with Crippen LogP contribution in [0.25, 0.3) is 0 Å². The second-order valence-corrected chi connectivity index (χ2v) is 5.03. The number of hydrogen-bond acceptors (Lipinski definition) is 6. The van der Waals surface area contributed by atoms with Crippen LogP contribution in [0.1, 0.15) is 28.0 Å². The number of carbonyl (C=O) groups excluding carboxylic acids is 1. The minimum absolute atomic E-state index is 0.114. The average molecular weight is 340 g/mol. The van der Waals surface area contributed by atoms with E-state index in [-0.39, 0.29) is 11.5 Å². The van der Waals surface area contributed by atoms with Gasteiger partial charge >= 0.3 is 0 Å². The number of aliphatic hydroxyl groups excluding tert-OH is 1. The van der Waals surface area contributed by atoms with Crippen LogP contribution in [0.3, 0.4) is 0 Å². The third-order valence-electron chi connectivity index (χ3n) is 3.47. The highest BCUT2D eigenvalue weighted by Gasteiger charge is 2.23. The predicted molar refractivity (Wildman–Crippen MR) is 89.4 cm³/mol. The monoisotopic (exact) mass is 340 g/mol. The number of ether oxygens (including phenoxy) is 1. The second kappa shape index (κ2) is 7.50. The van der Waals surface area contributed by atoms with Crippen molar-refractivity contribution in [1.82, 2.24) is 5.43 Å². The number of amides is 1. The summed E-state index contributed by atoms with van der Waals surface area (Å²) < 4.78 is 15.6. The van der Waals surface area contributed by atoms with Crippen LogP contribution in [0.4, 0.5) is 0 Å². The van der Waals surface area contributed by atoms with E-state index in [9.17, 15) is 9.90 Å². The summed E-state index contributed by atoms with van der Waals surface area (Å²) >= 11 is 0. The van der Waals surface area contributed by atoms with Crippen LogP contribution in [0.5, 0.6) is 5.75 Å². The van der Waals surface area contributed by atoms with Gasteiger partial charge < -0.3 is 18.7 Å². The summed E-state index contributed by atoms with van der Waals surface area (Å²) in [6.45, 7) is 0. The molecule has 1 unspecified atom stereocenters. The lowest BCUT2D eigenvalue weighted by Gasteiger charge is -2.11. The van der Waals surface area contributed by atoms with E-state index in [1.165, 1.54) is 19.6 Å². The van der Waals surface area contributed by atoms with Crippen molar-refractivity contribution in [3.8, 4) is 5.75 Å². The van der Waals surface area contributed by atoms with E-state index in [0.717, 1.165) is 0 Å². The van der Waals surface area contributed by atoms with Crippen molar-refractivity contribution in [2.75, 3.05) is 7.11 Å². The molecule has 2 aromatic heterocycles. The molecular weight excluding hydrogens is 324 g/mol. The molecule has 7 nitrogen and oxygen atoms in total. The van der Waals surface area contributed by atoms with Crippen LogP contribution in [0, 0.1) is 0 Å². The molecule has 0 radical (unpaired) electrons. The number of benzene rings is 1. The first-order valence-corrected chi connectivity index (χ1v) is 7.47. The van der Waals surface area contributed by atoms with Gasteiger partial charge in [0.2, 0.25) is 0 Å². The van der Waals surface area contributed by atoms with Crippen molar-refractivity contribution in [2.24, 2.45) is 5.10 Å². The molecule has 0 fully saturated rings. The second-order valence-electron chi connectivity index (χ2n) is 5.03. The number of nitrogens with one attached hydrogen (secondary N) is 1. The van der Waals surface area contributed by atoms with Gasteiger partial charge in [-0.1, -0.05) is 12.1 Å². The third kappa shape index (κ3) is 3.61. The third-order valence-corrected chi connectivity index (χ3v) is 3.47. The topological polar surface area (TPSA) is 97.2 Å². The van der Waals surface area contributed by atoms with Gasteiger partial charge in [0.1, 0.15) is 17.2 Å². The summed E-state index contributed by atoms with van der Waals surface area (Å²) in [5, 5.41) is 14.5. The van der Waals surface area contributed by atoms with Gasteiger partial charge in [-0.15, -0.1) is 0 Å². The van der Waals surface area contributed by atoms with E-state index in [2.05, 4.69) is 10.5 Å². The number of furan rings is 2. The van der Waals surface area contributed by atoms with Crippen molar-refractivity contribution < 1.29 is 23.5 Å². The van der Waals surface area contributed by atoms with Crippen LogP contribution < -0.4 is 10.2 Å². The zero-order valence-corrected chi connectivity index (χ0v) is 13.4. The van der Waals surface area contributed by atoms with E-state index in [4.69, 9.17) is 13.6 Å². The summed E-state index contributed by atoms with van der Waals surface area (Å²) in [4.78, 5) is 12.4. The molecule has 0 aliphatic rings. The summed E-state index contributed by atoms with van der Waals surface area (Å²) in [6.07, 6.45) is 1.69. The lowest BCUT2D eigenvalue weighted by molar-refractivity contribution is 0.0951. The number of nitrogens with zero attached hydrogens (tertiary/aromatic N) is 1. The molecule has 2 heterocycles.